The van der Waals surface area contributed by atoms with Crippen molar-refractivity contribution in [1.82, 2.24) is 15.1 Å². The van der Waals surface area contributed by atoms with Crippen molar-refractivity contribution in [3.63, 3.8) is 0 Å². The van der Waals surface area contributed by atoms with Crippen LogP contribution in [0.2, 0.25) is 0 Å². The summed E-state index contributed by atoms with van der Waals surface area (Å²) < 4.78 is 38.2. The zero-order chi connectivity index (χ0) is 15.0. The molecule has 0 radical (unpaired) electrons. The lowest BCUT2D eigenvalue weighted by molar-refractivity contribution is -0.137. The number of halogens is 3. The lowest BCUT2D eigenvalue weighted by Crippen LogP contribution is -2.29. The smallest absolute Gasteiger partial charge is 0.416 e. The normalized spacial score (nSPS) is 16.0. The summed E-state index contributed by atoms with van der Waals surface area (Å²) in [6, 6.07) is 3.21. The third-order valence-corrected chi connectivity index (χ3v) is 3.59. The number of fused-ring (bicyclic) bond motifs is 1. The molecule has 0 saturated heterocycles. The van der Waals surface area contributed by atoms with Gasteiger partial charge in [-0.1, -0.05) is 0 Å². The van der Waals surface area contributed by atoms with Crippen LogP contribution in [0.1, 0.15) is 22.4 Å². The second-order valence-electron chi connectivity index (χ2n) is 5.22. The first kappa shape index (κ1) is 13.9. The average Bonchev–Trinajstić information content (AvgIpc) is 2.84. The summed E-state index contributed by atoms with van der Waals surface area (Å²) in [5, 5.41) is 16.4. The third kappa shape index (κ3) is 3.02. The summed E-state index contributed by atoms with van der Waals surface area (Å²) in [6.07, 6.45) is -1.92. The zero-order valence-corrected chi connectivity index (χ0v) is 11.1. The van der Waals surface area contributed by atoms with Gasteiger partial charge in [0.25, 0.3) is 0 Å². The van der Waals surface area contributed by atoms with Crippen molar-refractivity contribution in [1.29, 1.82) is 0 Å². The van der Waals surface area contributed by atoms with Gasteiger partial charge in [-0.15, -0.1) is 0 Å². The van der Waals surface area contributed by atoms with E-state index < -0.39 is 11.7 Å². The lowest BCUT2D eigenvalue weighted by Gasteiger charge is -2.26. The standard InChI is InChI=1S/C14H14F3N3O/c15-14(16,17)11-3-9(4-12(21)5-11)7-20-2-1-13-10(8-20)6-18-19-13/h3-6,21H,1-2,7-8H2,(H,18,19). The van der Waals surface area contributed by atoms with Gasteiger partial charge in [-0.3, -0.25) is 10.00 Å². The van der Waals surface area contributed by atoms with Crippen LogP contribution in [0, 0.1) is 0 Å². The number of H-pyrrole nitrogens is 1. The minimum absolute atomic E-state index is 0.360. The van der Waals surface area contributed by atoms with E-state index in [-0.39, 0.29) is 5.75 Å². The van der Waals surface area contributed by atoms with Crippen LogP contribution in [-0.2, 0) is 25.7 Å². The lowest BCUT2D eigenvalue weighted by atomic mass is 10.1. The first-order valence-electron chi connectivity index (χ1n) is 6.55. The molecular weight excluding hydrogens is 283 g/mol. The Bertz CT molecular complexity index is 651. The molecule has 0 atom stereocenters. The van der Waals surface area contributed by atoms with Gasteiger partial charge in [0.05, 0.1) is 11.8 Å². The van der Waals surface area contributed by atoms with Gasteiger partial charge in [0, 0.05) is 37.3 Å². The molecule has 2 N–H and O–H groups in total. The Kier molecular flexibility index (Phi) is 3.36. The molecule has 1 aliphatic heterocycles. The molecule has 1 aromatic carbocycles. The first-order chi connectivity index (χ1) is 9.91. The average molecular weight is 297 g/mol. The number of hydrogen-bond donors (Lipinski definition) is 2. The van der Waals surface area contributed by atoms with Crippen LogP contribution in [0.25, 0.3) is 0 Å². The Morgan fingerprint density at radius 1 is 1.29 bits per heavy atom. The molecule has 0 aliphatic carbocycles. The number of aromatic hydroxyl groups is 1. The van der Waals surface area contributed by atoms with Gasteiger partial charge in [0.15, 0.2) is 0 Å². The minimum Gasteiger partial charge on any atom is -0.508 e. The van der Waals surface area contributed by atoms with Gasteiger partial charge in [-0.25, -0.2) is 0 Å². The van der Waals surface area contributed by atoms with E-state index in [1.807, 2.05) is 4.90 Å². The summed E-state index contributed by atoms with van der Waals surface area (Å²) >= 11 is 0. The number of benzene rings is 1. The molecule has 1 aromatic heterocycles. The number of nitrogens with zero attached hydrogens (tertiary/aromatic N) is 2. The topological polar surface area (TPSA) is 52.1 Å². The molecule has 1 aliphatic rings. The third-order valence-electron chi connectivity index (χ3n) is 3.59. The molecule has 112 valence electrons. The number of phenolic OH excluding ortho intramolecular Hbond substituents is 1. The highest BCUT2D eigenvalue weighted by atomic mass is 19.4. The molecular formula is C14H14F3N3O. The van der Waals surface area contributed by atoms with Crippen LogP contribution in [0.3, 0.4) is 0 Å². The van der Waals surface area contributed by atoms with E-state index in [0.717, 1.165) is 36.4 Å². The second-order valence-corrected chi connectivity index (χ2v) is 5.22. The van der Waals surface area contributed by atoms with Crippen LogP contribution in [0.5, 0.6) is 5.75 Å². The maximum atomic E-state index is 12.7. The predicted molar refractivity (Wildman–Crippen MR) is 69.5 cm³/mol. The fourth-order valence-electron chi connectivity index (χ4n) is 2.60. The van der Waals surface area contributed by atoms with Crippen molar-refractivity contribution in [2.24, 2.45) is 0 Å². The summed E-state index contributed by atoms with van der Waals surface area (Å²) in [5.41, 5.74) is 1.78. The summed E-state index contributed by atoms with van der Waals surface area (Å²) in [5.74, 6) is -0.360. The number of aromatic nitrogens is 2. The molecule has 4 nitrogen and oxygen atoms in total. The van der Waals surface area contributed by atoms with Crippen LogP contribution >= 0.6 is 0 Å². The quantitative estimate of drug-likeness (QED) is 0.896. The van der Waals surface area contributed by atoms with Crippen molar-refractivity contribution in [2.45, 2.75) is 25.7 Å². The molecule has 7 heteroatoms. The molecule has 0 spiro atoms. The van der Waals surface area contributed by atoms with Crippen molar-refractivity contribution < 1.29 is 18.3 Å². The molecule has 0 unspecified atom stereocenters. The van der Waals surface area contributed by atoms with Crippen molar-refractivity contribution in [3.05, 3.63) is 46.8 Å². The van der Waals surface area contributed by atoms with E-state index in [9.17, 15) is 18.3 Å². The Balaban J connectivity index is 1.78. The fraction of sp³-hybridized carbons (Fsp3) is 0.357. The SMILES string of the molecule is Oc1cc(CN2CCc3[nH]ncc3C2)cc(C(F)(F)F)c1. The van der Waals surface area contributed by atoms with Crippen LogP contribution in [-0.4, -0.2) is 26.7 Å². The predicted octanol–water partition coefficient (Wildman–Crippen LogP) is 2.69. The van der Waals surface area contributed by atoms with E-state index in [2.05, 4.69) is 10.2 Å². The van der Waals surface area contributed by atoms with Crippen molar-refractivity contribution in [3.8, 4) is 5.75 Å². The van der Waals surface area contributed by atoms with Gasteiger partial charge < -0.3 is 5.11 Å². The maximum absolute atomic E-state index is 12.7. The van der Waals surface area contributed by atoms with Gasteiger partial charge in [-0.2, -0.15) is 18.3 Å². The number of alkyl halides is 3. The Hall–Kier alpha value is -2.02. The molecule has 2 heterocycles. The molecule has 0 saturated carbocycles. The molecule has 0 amide bonds. The van der Waals surface area contributed by atoms with Gasteiger partial charge in [0.2, 0.25) is 0 Å². The minimum atomic E-state index is -4.45. The van der Waals surface area contributed by atoms with E-state index in [1.54, 1.807) is 6.20 Å². The number of aromatic amines is 1. The van der Waals surface area contributed by atoms with Crippen molar-refractivity contribution in [2.75, 3.05) is 6.54 Å². The summed E-state index contributed by atoms with van der Waals surface area (Å²) in [7, 11) is 0. The highest BCUT2D eigenvalue weighted by molar-refractivity contribution is 5.35. The highest BCUT2D eigenvalue weighted by Gasteiger charge is 2.31. The fourth-order valence-corrected chi connectivity index (χ4v) is 2.60. The summed E-state index contributed by atoms with van der Waals surface area (Å²) in [6.45, 7) is 1.75. The Morgan fingerprint density at radius 3 is 2.86 bits per heavy atom. The Morgan fingerprint density at radius 2 is 2.10 bits per heavy atom. The van der Waals surface area contributed by atoms with E-state index in [0.29, 0.717) is 18.7 Å². The molecule has 0 bridgehead atoms. The van der Waals surface area contributed by atoms with Gasteiger partial charge in [0.1, 0.15) is 5.75 Å². The summed E-state index contributed by atoms with van der Waals surface area (Å²) in [4.78, 5) is 2.03. The maximum Gasteiger partial charge on any atom is 0.416 e. The highest BCUT2D eigenvalue weighted by Crippen LogP contribution is 2.32. The van der Waals surface area contributed by atoms with Gasteiger partial charge >= 0.3 is 6.18 Å². The number of hydrogen-bond acceptors (Lipinski definition) is 3. The molecule has 2 aromatic rings. The van der Waals surface area contributed by atoms with Crippen LogP contribution < -0.4 is 0 Å². The largest absolute Gasteiger partial charge is 0.508 e. The van der Waals surface area contributed by atoms with E-state index in [1.165, 1.54) is 6.07 Å². The van der Waals surface area contributed by atoms with Crippen molar-refractivity contribution >= 4 is 0 Å². The van der Waals surface area contributed by atoms with Crippen LogP contribution in [0.4, 0.5) is 13.2 Å². The molecule has 21 heavy (non-hydrogen) atoms. The number of rotatable bonds is 2. The van der Waals surface area contributed by atoms with E-state index in [4.69, 9.17) is 0 Å². The first-order valence-corrected chi connectivity index (χ1v) is 6.55. The van der Waals surface area contributed by atoms with Gasteiger partial charge in [-0.05, 0) is 23.8 Å². The molecule has 3 rings (SSSR count). The van der Waals surface area contributed by atoms with Crippen LogP contribution in [0.15, 0.2) is 24.4 Å². The number of nitrogens with one attached hydrogen (secondary N) is 1. The number of phenols is 1. The monoisotopic (exact) mass is 297 g/mol. The second kappa shape index (κ2) is 5.07. The Labute approximate surface area is 119 Å². The zero-order valence-electron chi connectivity index (χ0n) is 11.1. The van der Waals surface area contributed by atoms with E-state index >= 15 is 0 Å². The molecule has 0 fully saturated rings.